The molecule has 0 aliphatic carbocycles. The standard InChI is InChI=1S/C17H21N3O3/c1-3-23-17(22)13-7-9-19(10-8-13)16(21)14-11-20-12(2)5-4-6-15(20)18-14/h4-6,11,13H,3,7-10H2,1-2H3. The van der Waals surface area contributed by atoms with Gasteiger partial charge in [0.2, 0.25) is 0 Å². The first kappa shape index (κ1) is 15.5. The van der Waals surface area contributed by atoms with Crippen molar-refractivity contribution in [2.24, 2.45) is 5.92 Å². The molecule has 2 aromatic heterocycles. The van der Waals surface area contributed by atoms with Crippen molar-refractivity contribution in [2.75, 3.05) is 19.7 Å². The summed E-state index contributed by atoms with van der Waals surface area (Å²) in [7, 11) is 0. The molecule has 0 bridgehead atoms. The maximum absolute atomic E-state index is 12.6. The number of carbonyl (C=O) groups excluding carboxylic acids is 2. The van der Waals surface area contributed by atoms with Gasteiger partial charge in [0.15, 0.2) is 0 Å². The van der Waals surface area contributed by atoms with E-state index in [1.54, 1.807) is 11.1 Å². The summed E-state index contributed by atoms with van der Waals surface area (Å²) in [5.41, 5.74) is 2.26. The zero-order chi connectivity index (χ0) is 16.4. The van der Waals surface area contributed by atoms with Gasteiger partial charge in [0.1, 0.15) is 11.3 Å². The number of hydrogen-bond donors (Lipinski definition) is 0. The van der Waals surface area contributed by atoms with Crippen LogP contribution in [0.15, 0.2) is 24.4 Å². The summed E-state index contributed by atoms with van der Waals surface area (Å²) in [6.45, 7) is 5.32. The average Bonchev–Trinajstić information content (AvgIpc) is 3.00. The van der Waals surface area contributed by atoms with E-state index >= 15 is 0 Å². The monoisotopic (exact) mass is 315 g/mol. The van der Waals surface area contributed by atoms with Crippen LogP contribution in [0.5, 0.6) is 0 Å². The molecule has 1 aliphatic heterocycles. The highest BCUT2D eigenvalue weighted by atomic mass is 16.5. The molecule has 2 aromatic rings. The van der Waals surface area contributed by atoms with Crippen molar-refractivity contribution >= 4 is 17.5 Å². The summed E-state index contributed by atoms with van der Waals surface area (Å²) in [5, 5.41) is 0. The average molecular weight is 315 g/mol. The molecular weight excluding hydrogens is 294 g/mol. The van der Waals surface area contributed by atoms with Gasteiger partial charge in [-0.05, 0) is 38.8 Å². The molecule has 6 nitrogen and oxygen atoms in total. The number of ether oxygens (including phenoxy) is 1. The van der Waals surface area contributed by atoms with Crippen molar-refractivity contribution in [2.45, 2.75) is 26.7 Å². The first-order chi connectivity index (χ1) is 11.1. The lowest BCUT2D eigenvalue weighted by molar-refractivity contribution is -0.149. The number of fused-ring (bicyclic) bond motifs is 1. The van der Waals surface area contributed by atoms with Crippen LogP contribution in [-0.2, 0) is 9.53 Å². The Morgan fingerprint density at radius 1 is 1.30 bits per heavy atom. The molecule has 1 aliphatic rings. The zero-order valence-electron chi connectivity index (χ0n) is 13.5. The minimum absolute atomic E-state index is 0.0737. The van der Waals surface area contributed by atoms with Gasteiger partial charge in [-0.3, -0.25) is 9.59 Å². The van der Waals surface area contributed by atoms with Gasteiger partial charge in [-0.15, -0.1) is 0 Å². The number of hydrogen-bond acceptors (Lipinski definition) is 4. The third kappa shape index (κ3) is 3.06. The highest BCUT2D eigenvalue weighted by molar-refractivity contribution is 5.93. The maximum Gasteiger partial charge on any atom is 0.309 e. The Morgan fingerprint density at radius 2 is 2.04 bits per heavy atom. The van der Waals surface area contributed by atoms with Crippen molar-refractivity contribution in [3.8, 4) is 0 Å². The zero-order valence-corrected chi connectivity index (χ0v) is 13.5. The van der Waals surface area contributed by atoms with Crippen LogP contribution in [0.3, 0.4) is 0 Å². The van der Waals surface area contributed by atoms with Gasteiger partial charge in [-0.1, -0.05) is 6.07 Å². The van der Waals surface area contributed by atoms with E-state index < -0.39 is 0 Å². The number of rotatable bonds is 3. The van der Waals surface area contributed by atoms with Gasteiger partial charge in [0.25, 0.3) is 5.91 Å². The Labute approximate surface area is 135 Å². The lowest BCUT2D eigenvalue weighted by atomic mass is 9.97. The number of aromatic nitrogens is 2. The number of nitrogens with zero attached hydrogens (tertiary/aromatic N) is 3. The van der Waals surface area contributed by atoms with E-state index in [1.165, 1.54) is 0 Å². The summed E-state index contributed by atoms with van der Waals surface area (Å²) in [5.74, 6) is -0.319. The highest BCUT2D eigenvalue weighted by Gasteiger charge is 2.29. The predicted octanol–water partition coefficient (Wildman–Crippen LogP) is 2.06. The molecule has 0 saturated carbocycles. The van der Waals surface area contributed by atoms with Crippen molar-refractivity contribution in [3.05, 3.63) is 35.8 Å². The first-order valence-corrected chi connectivity index (χ1v) is 8.00. The van der Waals surface area contributed by atoms with Gasteiger partial charge in [0, 0.05) is 25.0 Å². The summed E-state index contributed by atoms with van der Waals surface area (Å²) in [6, 6.07) is 5.79. The smallest absolute Gasteiger partial charge is 0.309 e. The Bertz CT molecular complexity index is 730. The quantitative estimate of drug-likeness (QED) is 0.813. The van der Waals surface area contributed by atoms with Crippen molar-refractivity contribution in [1.82, 2.24) is 14.3 Å². The normalized spacial score (nSPS) is 15.8. The molecule has 1 amide bonds. The lowest BCUT2D eigenvalue weighted by Crippen LogP contribution is -2.40. The molecule has 122 valence electrons. The molecule has 1 fully saturated rings. The third-order valence-electron chi connectivity index (χ3n) is 4.32. The van der Waals surface area contributed by atoms with Gasteiger partial charge in [0.05, 0.1) is 12.5 Å². The number of piperidine rings is 1. The molecule has 23 heavy (non-hydrogen) atoms. The van der Waals surface area contributed by atoms with Crippen LogP contribution in [0, 0.1) is 12.8 Å². The molecule has 1 saturated heterocycles. The van der Waals surface area contributed by atoms with Crippen LogP contribution in [0.1, 0.15) is 35.9 Å². The number of aryl methyl sites for hydroxylation is 1. The number of pyridine rings is 1. The fourth-order valence-corrected chi connectivity index (χ4v) is 2.99. The number of esters is 1. The van der Waals surface area contributed by atoms with Gasteiger partial charge >= 0.3 is 5.97 Å². The fraction of sp³-hybridized carbons (Fsp3) is 0.471. The van der Waals surface area contributed by atoms with E-state index in [-0.39, 0.29) is 17.8 Å². The van der Waals surface area contributed by atoms with E-state index in [4.69, 9.17) is 4.74 Å². The number of imidazole rings is 1. The fourth-order valence-electron chi connectivity index (χ4n) is 2.99. The number of amides is 1. The molecule has 0 atom stereocenters. The number of carbonyl (C=O) groups is 2. The Hall–Kier alpha value is -2.37. The molecule has 0 spiro atoms. The molecule has 0 N–H and O–H groups in total. The van der Waals surface area contributed by atoms with Crippen LogP contribution in [0.25, 0.3) is 5.65 Å². The van der Waals surface area contributed by atoms with Crippen molar-refractivity contribution in [1.29, 1.82) is 0 Å². The summed E-state index contributed by atoms with van der Waals surface area (Å²) in [6.07, 6.45) is 3.08. The predicted molar refractivity (Wildman–Crippen MR) is 85.2 cm³/mol. The van der Waals surface area contributed by atoms with E-state index in [9.17, 15) is 9.59 Å². The van der Waals surface area contributed by atoms with Crippen molar-refractivity contribution < 1.29 is 14.3 Å². The molecule has 0 aromatic carbocycles. The van der Waals surface area contributed by atoms with Crippen LogP contribution in [-0.4, -0.2) is 45.9 Å². The van der Waals surface area contributed by atoms with Crippen LogP contribution >= 0.6 is 0 Å². The largest absolute Gasteiger partial charge is 0.466 e. The molecular formula is C17H21N3O3. The topological polar surface area (TPSA) is 63.9 Å². The third-order valence-corrected chi connectivity index (χ3v) is 4.32. The summed E-state index contributed by atoms with van der Waals surface area (Å²) >= 11 is 0. The van der Waals surface area contributed by atoms with Gasteiger partial charge in [-0.2, -0.15) is 0 Å². The molecule has 6 heteroatoms. The SMILES string of the molecule is CCOC(=O)C1CCN(C(=O)c2cn3c(C)cccc3n2)CC1. The Kier molecular flexibility index (Phi) is 4.32. The molecule has 3 heterocycles. The number of likely N-dealkylation sites (tertiary alicyclic amines) is 1. The minimum Gasteiger partial charge on any atom is -0.466 e. The second-order valence-corrected chi connectivity index (χ2v) is 5.84. The van der Waals surface area contributed by atoms with E-state index in [0.717, 1.165) is 11.3 Å². The van der Waals surface area contributed by atoms with Crippen molar-refractivity contribution in [3.63, 3.8) is 0 Å². The second kappa shape index (κ2) is 6.40. The summed E-state index contributed by atoms with van der Waals surface area (Å²) < 4.78 is 6.97. The van der Waals surface area contributed by atoms with Crippen LogP contribution in [0.2, 0.25) is 0 Å². The minimum atomic E-state index is -0.150. The van der Waals surface area contributed by atoms with Gasteiger partial charge < -0.3 is 14.0 Å². The molecule has 0 radical (unpaired) electrons. The molecule has 0 unspecified atom stereocenters. The molecule has 3 rings (SSSR count). The van der Waals surface area contributed by atoms with Gasteiger partial charge in [-0.25, -0.2) is 4.98 Å². The first-order valence-electron chi connectivity index (χ1n) is 8.00. The Morgan fingerprint density at radius 3 is 2.70 bits per heavy atom. The Balaban J connectivity index is 1.69. The van der Waals surface area contributed by atoms with E-state index in [0.29, 0.717) is 38.2 Å². The lowest BCUT2D eigenvalue weighted by Gasteiger charge is -2.30. The maximum atomic E-state index is 12.6. The summed E-state index contributed by atoms with van der Waals surface area (Å²) in [4.78, 5) is 30.6. The second-order valence-electron chi connectivity index (χ2n) is 5.84. The van der Waals surface area contributed by atoms with Crippen LogP contribution in [0.4, 0.5) is 0 Å². The van der Waals surface area contributed by atoms with E-state index in [1.807, 2.05) is 36.4 Å². The highest BCUT2D eigenvalue weighted by Crippen LogP contribution is 2.20. The van der Waals surface area contributed by atoms with E-state index in [2.05, 4.69) is 4.98 Å². The van der Waals surface area contributed by atoms with Crippen LogP contribution < -0.4 is 0 Å².